The van der Waals surface area contributed by atoms with E-state index in [0.717, 1.165) is 67.3 Å². The molecule has 3 fully saturated rings. The van der Waals surface area contributed by atoms with Gasteiger partial charge in [-0.15, -0.1) is 11.8 Å². The molecular formula is C37H48N2O3S. The van der Waals surface area contributed by atoms with Gasteiger partial charge in [-0.05, 0) is 116 Å². The highest BCUT2D eigenvalue weighted by atomic mass is 32.2. The fourth-order valence-corrected chi connectivity index (χ4v) is 11.5. The molecule has 5 aliphatic carbocycles. The molecule has 0 spiro atoms. The number of hydrogen-bond acceptors (Lipinski definition) is 5. The fourth-order valence-electron chi connectivity index (χ4n) is 10.1. The molecule has 5 nitrogen and oxygen atoms in total. The van der Waals surface area contributed by atoms with Crippen LogP contribution in [0.15, 0.2) is 41.6 Å². The summed E-state index contributed by atoms with van der Waals surface area (Å²) >= 11 is 1.89. The Balaban J connectivity index is 1.45. The van der Waals surface area contributed by atoms with E-state index in [1.807, 2.05) is 30.8 Å². The molecule has 3 N–H and O–H groups in total. The van der Waals surface area contributed by atoms with E-state index in [1.165, 1.54) is 18.9 Å². The number of hydrogen-bond donors (Lipinski definition) is 3. The van der Waals surface area contributed by atoms with Crippen molar-refractivity contribution in [1.29, 1.82) is 5.26 Å². The Morgan fingerprint density at radius 2 is 1.79 bits per heavy atom. The molecule has 1 aromatic carbocycles. The van der Waals surface area contributed by atoms with Crippen LogP contribution in [0.3, 0.4) is 0 Å². The molecule has 0 bridgehead atoms. The van der Waals surface area contributed by atoms with E-state index in [1.54, 1.807) is 0 Å². The van der Waals surface area contributed by atoms with E-state index >= 15 is 0 Å². The number of allylic oxidation sites excluding steroid dienone is 3. The summed E-state index contributed by atoms with van der Waals surface area (Å²) in [7, 11) is 0. The lowest BCUT2D eigenvalue weighted by Crippen LogP contribution is -2.62. The molecule has 0 aliphatic heterocycles. The quantitative estimate of drug-likeness (QED) is 0.238. The van der Waals surface area contributed by atoms with Gasteiger partial charge in [0, 0.05) is 28.5 Å². The van der Waals surface area contributed by atoms with Gasteiger partial charge in [0.15, 0.2) is 11.5 Å². The summed E-state index contributed by atoms with van der Waals surface area (Å²) in [5.41, 5.74) is 5.16. The summed E-state index contributed by atoms with van der Waals surface area (Å²) in [5, 5.41) is 35.2. The Labute approximate surface area is 261 Å². The first kappa shape index (κ1) is 30.4. The third-order valence-corrected chi connectivity index (χ3v) is 14.4. The van der Waals surface area contributed by atoms with E-state index in [2.05, 4.69) is 64.2 Å². The van der Waals surface area contributed by atoms with Crippen molar-refractivity contribution >= 4 is 17.7 Å². The van der Waals surface area contributed by atoms with E-state index in [-0.39, 0.29) is 55.0 Å². The van der Waals surface area contributed by atoms with Crippen molar-refractivity contribution in [2.45, 2.75) is 116 Å². The lowest BCUT2D eigenvalue weighted by atomic mass is 9.34. The molecule has 1 aromatic rings. The van der Waals surface area contributed by atoms with Gasteiger partial charge in [0.1, 0.15) is 0 Å². The summed E-state index contributed by atoms with van der Waals surface area (Å²) in [4.78, 5) is 11.6. The van der Waals surface area contributed by atoms with Gasteiger partial charge in [0.25, 0.3) is 0 Å². The second kappa shape index (κ2) is 9.93. The van der Waals surface area contributed by atoms with Crippen molar-refractivity contribution in [2.75, 3.05) is 0 Å². The van der Waals surface area contributed by atoms with Gasteiger partial charge >= 0.3 is 0 Å². The van der Waals surface area contributed by atoms with Crippen molar-refractivity contribution in [2.24, 2.45) is 27.6 Å². The maximum Gasteiger partial charge on any atom is 0.221 e. The van der Waals surface area contributed by atoms with Crippen LogP contribution in [0.25, 0.3) is 0 Å². The predicted octanol–water partition coefficient (Wildman–Crippen LogP) is 8.66. The molecule has 0 heterocycles. The second-order valence-electron chi connectivity index (χ2n) is 15.6. The van der Waals surface area contributed by atoms with Crippen molar-refractivity contribution in [1.82, 2.24) is 5.32 Å². The average Bonchev–Trinajstić information content (AvgIpc) is 2.96. The number of nitrogens with zero attached hydrogens (tertiary/aromatic N) is 1. The minimum Gasteiger partial charge on any atom is -0.504 e. The van der Waals surface area contributed by atoms with Crippen molar-refractivity contribution in [3.8, 4) is 17.6 Å². The maximum atomic E-state index is 11.6. The number of phenolic OH excluding ortho intramolecular Hbond substituents is 2. The van der Waals surface area contributed by atoms with Gasteiger partial charge in [0.2, 0.25) is 5.91 Å². The highest BCUT2D eigenvalue weighted by molar-refractivity contribution is 8.00. The number of thioether (sulfide) groups is 1. The predicted molar refractivity (Wildman–Crippen MR) is 174 cm³/mol. The zero-order chi connectivity index (χ0) is 31.2. The zero-order valence-corrected chi connectivity index (χ0v) is 27.8. The number of aromatic hydroxyl groups is 2. The van der Waals surface area contributed by atoms with Crippen LogP contribution in [0.4, 0.5) is 0 Å². The summed E-state index contributed by atoms with van der Waals surface area (Å²) in [5.74, 6) is 0.358. The van der Waals surface area contributed by atoms with E-state index < -0.39 is 0 Å². The van der Waals surface area contributed by atoms with Gasteiger partial charge in [-0.25, -0.2) is 0 Å². The van der Waals surface area contributed by atoms with Crippen LogP contribution >= 0.6 is 11.8 Å². The largest absolute Gasteiger partial charge is 0.504 e. The lowest BCUT2D eigenvalue weighted by Gasteiger charge is -2.70. The number of amides is 1. The van der Waals surface area contributed by atoms with Crippen LogP contribution in [0, 0.1) is 45.8 Å². The molecule has 1 amide bonds. The summed E-state index contributed by atoms with van der Waals surface area (Å²) in [6, 6.07) is 4.57. The number of phenols is 2. The smallest absolute Gasteiger partial charge is 0.221 e. The monoisotopic (exact) mass is 600 g/mol. The van der Waals surface area contributed by atoms with E-state index in [0.29, 0.717) is 5.92 Å². The van der Waals surface area contributed by atoms with Gasteiger partial charge in [-0.3, -0.25) is 4.79 Å². The van der Waals surface area contributed by atoms with Gasteiger partial charge in [-0.1, -0.05) is 51.5 Å². The van der Waals surface area contributed by atoms with E-state index in [4.69, 9.17) is 0 Å². The number of fused-ring (bicyclic) bond motifs is 7. The van der Waals surface area contributed by atoms with Crippen LogP contribution in [0.2, 0.25) is 0 Å². The van der Waals surface area contributed by atoms with Gasteiger partial charge in [0.05, 0.1) is 11.5 Å². The minimum absolute atomic E-state index is 0.0184. The first-order valence-electron chi connectivity index (χ1n) is 16.1. The Bertz CT molecular complexity index is 1520. The average molecular weight is 601 g/mol. The summed E-state index contributed by atoms with van der Waals surface area (Å²) in [6.45, 7) is 15.6. The normalized spacial score (nSPS) is 41.4. The maximum absolute atomic E-state index is 11.6. The van der Waals surface area contributed by atoms with Crippen molar-refractivity contribution in [3.63, 3.8) is 0 Å². The second-order valence-corrected chi connectivity index (χ2v) is 17.0. The van der Waals surface area contributed by atoms with Gasteiger partial charge < -0.3 is 15.5 Å². The fraction of sp³-hybridized carbons (Fsp3) is 0.622. The molecule has 5 aliphatic rings. The summed E-state index contributed by atoms with van der Waals surface area (Å²) < 4.78 is 0. The van der Waals surface area contributed by atoms with Crippen LogP contribution < -0.4 is 5.32 Å². The van der Waals surface area contributed by atoms with Crippen LogP contribution in [0.5, 0.6) is 11.5 Å². The zero-order valence-electron chi connectivity index (χ0n) is 26.9. The van der Waals surface area contributed by atoms with Crippen LogP contribution in [0.1, 0.15) is 115 Å². The summed E-state index contributed by atoms with van der Waals surface area (Å²) in [6.07, 6.45) is 17.1. The Hall–Kier alpha value is -2.65. The molecule has 6 heteroatoms. The Kier molecular flexibility index (Phi) is 7.01. The standard InChI is InChI=1S/C37H48N2O3S/c1-22-31-26(18-27(41)32(22)42)35(5)15-17-37(7)30-20-33(3,21-38)12-13-34(30,4)14-16-36(37,6)29(35)19-28(31)43-25-10-8-24(9-11-25)39-23(2)40/h8-10,18-19,25,28,30,41-42H,11-17,20H2,1-7H3,(H,39,40)/t25?,28?,30-,33-,34-,35+,36-,37+/m1/s1. The first-order chi connectivity index (χ1) is 20.1. The van der Waals surface area contributed by atoms with Crippen molar-refractivity contribution in [3.05, 3.63) is 58.3 Å². The molecule has 0 radical (unpaired) electrons. The van der Waals surface area contributed by atoms with Crippen LogP contribution in [-0.2, 0) is 10.2 Å². The third kappa shape index (κ3) is 4.43. The molecule has 43 heavy (non-hydrogen) atoms. The number of nitriles is 1. The molecule has 0 aromatic heterocycles. The Morgan fingerprint density at radius 3 is 2.44 bits per heavy atom. The van der Waals surface area contributed by atoms with E-state index in [9.17, 15) is 20.3 Å². The Morgan fingerprint density at radius 1 is 1.07 bits per heavy atom. The SMILES string of the molecule is CC(=O)NC1=CCC(SC2C=C3[C@@](C)(CC[C@@]4(C)[C@@H]5C[C@](C)(C#N)CC[C@]5(C)CC[C@]34C)c3cc(O)c(O)c(C)c32)C=C1. The molecule has 230 valence electrons. The molecule has 0 saturated heterocycles. The highest BCUT2D eigenvalue weighted by Crippen LogP contribution is 2.75. The number of benzene rings is 1. The first-order valence-corrected chi connectivity index (χ1v) is 17.0. The molecule has 8 atom stereocenters. The highest BCUT2D eigenvalue weighted by Gasteiger charge is 2.67. The molecule has 2 unspecified atom stereocenters. The number of carbonyl (C=O) groups excluding carboxylic acids is 1. The van der Waals surface area contributed by atoms with Crippen LogP contribution in [-0.4, -0.2) is 21.4 Å². The third-order valence-electron chi connectivity index (χ3n) is 13.0. The number of nitrogens with one attached hydrogen (secondary N) is 1. The lowest BCUT2D eigenvalue weighted by molar-refractivity contribution is -0.152. The van der Waals surface area contributed by atoms with Crippen molar-refractivity contribution < 1.29 is 15.0 Å². The topological polar surface area (TPSA) is 93.4 Å². The molecule has 3 saturated carbocycles. The van der Waals surface area contributed by atoms with Gasteiger partial charge in [-0.2, -0.15) is 5.26 Å². The number of carbonyl (C=O) groups is 1. The molecular weight excluding hydrogens is 552 g/mol. The molecule has 6 rings (SSSR count). The number of rotatable bonds is 3. The minimum atomic E-state index is -0.268.